The molecule has 1 aromatic carbocycles. The zero-order chi connectivity index (χ0) is 13.9. The molecule has 0 aliphatic carbocycles. The fourth-order valence-electron chi connectivity index (χ4n) is 2.38. The van der Waals surface area contributed by atoms with E-state index < -0.39 is 0 Å². The summed E-state index contributed by atoms with van der Waals surface area (Å²) in [4.78, 5) is 2.31. The highest BCUT2D eigenvalue weighted by atomic mass is 15.1. The van der Waals surface area contributed by atoms with Gasteiger partial charge in [0.25, 0.3) is 0 Å². The molecule has 0 unspecified atom stereocenters. The molecule has 0 aliphatic rings. The first-order chi connectivity index (χ1) is 8.19. The Morgan fingerprint density at radius 3 is 2.17 bits per heavy atom. The molecule has 2 heteroatoms. The Hall–Kier alpha value is -0.860. The van der Waals surface area contributed by atoms with E-state index in [9.17, 15) is 0 Å². The van der Waals surface area contributed by atoms with Crippen molar-refractivity contribution in [1.82, 2.24) is 4.90 Å². The number of nitrogens with two attached hydrogens (primary N) is 1. The third-order valence-corrected chi connectivity index (χ3v) is 3.39. The first kappa shape index (κ1) is 15.2. The minimum atomic E-state index is -0.118. The molecule has 0 saturated carbocycles. The van der Waals surface area contributed by atoms with Gasteiger partial charge in [0, 0.05) is 18.6 Å². The van der Waals surface area contributed by atoms with E-state index >= 15 is 0 Å². The van der Waals surface area contributed by atoms with Crippen molar-refractivity contribution >= 4 is 0 Å². The Labute approximate surface area is 112 Å². The summed E-state index contributed by atoms with van der Waals surface area (Å²) in [6.07, 6.45) is 1.10. The lowest BCUT2D eigenvalue weighted by Gasteiger charge is -2.26. The molecule has 0 atom stereocenters. The second kappa shape index (κ2) is 5.85. The maximum absolute atomic E-state index is 6.04. The lowest BCUT2D eigenvalue weighted by Crippen LogP contribution is -2.44. The normalized spacial score (nSPS) is 12.2. The summed E-state index contributed by atoms with van der Waals surface area (Å²) in [7, 11) is 2.14. The van der Waals surface area contributed by atoms with E-state index in [1.165, 1.54) is 22.3 Å². The van der Waals surface area contributed by atoms with Gasteiger partial charge in [-0.2, -0.15) is 0 Å². The minimum Gasteiger partial charge on any atom is -0.324 e. The summed E-state index contributed by atoms with van der Waals surface area (Å²) in [5.74, 6) is 0. The van der Waals surface area contributed by atoms with Crippen molar-refractivity contribution in [2.24, 2.45) is 5.73 Å². The van der Waals surface area contributed by atoms with Gasteiger partial charge < -0.3 is 10.6 Å². The van der Waals surface area contributed by atoms with E-state index in [-0.39, 0.29) is 5.54 Å². The fraction of sp³-hybridized carbons (Fsp3) is 0.625. The van der Waals surface area contributed by atoms with Gasteiger partial charge in [0.05, 0.1) is 0 Å². The van der Waals surface area contributed by atoms with Crippen LogP contribution in [0.15, 0.2) is 12.1 Å². The first-order valence-corrected chi connectivity index (χ1v) is 6.73. The maximum atomic E-state index is 6.04. The molecule has 1 aromatic rings. The first-order valence-electron chi connectivity index (χ1n) is 6.73. The van der Waals surface area contributed by atoms with Crippen LogP contribution in [0.4, 0.5) is 0 Å². The fourth-order valence-corrected chi connectivity index (χ4v) is 2.38. The zero-order valence-electron chi connectivity index (χ0n) is 12.8. The monoisotopic (exact) mass is 248 g/mol. The highest BCUT2D eigenvalue weighted by Crippen LogP contribution is 2.16. The van der Waals surface area contributed by atoms with Crippen molar-refractivity contribution < 1.29 is 0 Å². The molecule has 0 spiro atoms. The van der Waals surface area contributed by atoms with Crippen LogP contribution in [0.2, 0.25) is 0 Å². The van der Waals surface area contributed by atoms with Crippen LogP contribution in [-0.2, 0) is 6.42 Å². The van der Waals surface area contributed by atoms with E-state index in [4.69, 9.17) is 5.73 Å². The van der Waals surface area contributed by atoms with Crippen LogP contribution in [-0.4, -0.2) is 30.6 Å². The van der Waals surface area contributed by atoms with Gasteiger partial charge in [-0.3, -0.25) is 0 Å². The molecule has 18 heavy (non-hydrogen) atoms. The highest BCUT2D eigenvalue weighted by Gasteiger charge is 2.13. The number of benzene rings is 1. The number of aryl methyl sites for hydroxylation is 3. The number of hydrogen-bond donors (Lipinski definition) is 1. The van der Waals surface area contributed by atoms with Gasteiger partial charge in [-0.1, -0.05) is 12.1 Å². The van der Waals surface area contributed by atoms with Gasteiger partial charge in [-0.05, 0) is 70.3 Å². The van der Waals surface area contributed by atoms with E-state index in [0.717, 1.165) is 19.5 Å². The Bertz CT molecular complexity index is 402. The molecule has 2 N–H and O–H groups in total. The molecule has 0 aliphatic heterocycles. The molecule has 0 radical (unpaired) electrons. The van der Waals surface area contributed by atoms with Crippen molar-refractivity contribution in [1.29, 1.82) is 0 Å². The van der Waals surface area contributed by atoms with Gasteiger partial charge in [0.15, 0.2) is 0 Å². The summed E-state index contributed by atoms with van der Waals surface area (Å²) >= 11 is 0. The van der Waals surface area contributed by atoms with Crippen LogP contribution in [0.25, 0.3) is 0 Å². The predicted molar refractivity (Wildman–Crippen MR) is 80.1 cm³/mol. The Morgan fingerprint density at radius 1 is 1.06 bits per heavy atom. The van der Waals surface area contributed by atoms with E-state index in [1.54, 1.807) is 0 Å². The van der Waals surface area contributed by atoms with Crippen LogP contribution in [0.5, 0.6) is 0 Å². The second-order valence-corrected chi connectivity index (χ2v) is 6.34. The van der Waals surface area contributed by atoms with Crippen LogP contribution in [0, 0.1) is 20.8 Å². The van der Waals surface area contributed by atoms with Gasteiger partial charge in [0.2, 0.25) is 0 Å². The lowest BCUT2D eigenvalue weighted by atomic mass is 9.98. The summed E-state index contributed by atoms with van der Waals surface area (Å²) in [5.41, 5.74) is 11.5. The summed E-state index contributed by atoms with van der Waals surface area (Å²) in [5, 5.41) is 0. The second-order valence-electron chi connectivity index (χ2n) is 6.34. The van der Waals surface area contributed by atoms with Crippen LogP contribution in [0.1, 0.15) is 36.1 Å². The van der Waals surface area contributed by atoms with Gasteiger partial charge in [0.1, 0.15) is 0 Å². The van der Waals surface area contributed by atoms with Crippen LogP contribution >= 0.6 is 0 Å². The third kappa shape index (κ3) is 4.79. The molecular weight excluding hydrogens is 220 g/mol. The average Bonchev–Trinajstić information content (AvgIpc) is 2.19. The lowest BCUT2D eigenvalue weighted by molar-refractivity contribution is 0.273. The molecule has 0 amide bonds. The number of nitrogens with zero attached hydrogens (tertiary/aromatic N) is 1. The minimum absolute atomic E-state index is 0.118. The third-order valence-electron chi connectivity index (χ3n) is 3.39. The molecule has 0 heterocycles. The highest BCUT2D eigenvalue weighted by molar-refractivity contribution is 5.36. The zero-order valence-corrected chi connectivity index (χ0v) is 12.8. The maximum Gasteiger partial charge on any atom is 0.0225 e. The van der Waals surface area contributed by atoms with E-state index in [1.807, 2.05) is 0 Å². The molecule has 1 rings (SSSR count). The Morgan fingerprint density at radius 2 is 1.61 bits per heavy atom. The quantitative estimate of drug-likeness (QED) is 0.868. The van der Waals surface area contributed by atoms with Gasteiger partial charge in [-0.15, -0.1) is 0 Å². The average molecular weight is 248 g/mol. The van der Waals surface area contributed by atoms with Crippen LogP contribution < -0.4 is 5.73 Å². The summed E-state index contributed by atoms with van der Waals surface area (Å²) in [6.45, 7) is 12.7. The molecule has 0 fully saturated rings. The molecule has 0 bridgehead atoms. The molecule has 102 valence electrons. The molecule has 2 nitrogen and oxygen atoms in total. The summed E-state index contributed by atoms with van der Waals surface area (Å²) in [6, 6.07) is 4.61. The van der Waals surface area contributed by atoms with Crippen LogP contribution in [0.3, 0.4) is 0 Å². The largest absolute Gasteiger partial charge is 0.324 e. The standard InChI is InChI=1S/C16H28N2/c1-12-9-14(3)15(10-13(12)2)7-8-18(6)11-16(4,5)17/h9-10H,7-8,11,17H2,1-6H3. The summed E-state index contributed by atoms with van der Waals surface area (Å²) < 4.78 is 0. The topological polar surface area (TPSA) is 29.3 Å². The van der Waals surface area contributed by atoms with Crippen molar-refractivity contribution in [3.8, 4) is 0 Å². The number of rotatable bonds is 5. The van der Waals surface area contributed by atoms with Gasteiger partial charge in [-0.25, -0.2) is 0 Å². The number of hydrogen-bond acceptors (Lipinski definition) is 2. The van der Waals surface area contributed by atoms with E-state index in [2.05, 4.69) is 58.7 Å². The predicted octanol–water partition coefficient (Wildman–Crippen LogP) is 2.82. The number of likely N-dealkylation sites (N-methyl/N-ethyl adjacent to an activating group) is 1. The Balaban J connectivity index is 2.61. The smallest absolute Gasteiger partial charge is 0.0225 e. The molecule has 0 aromatic heterocycles. The molecular formula is C16H28N2. The van der Waals surface area contributed by atoms with Crippen molar-refractivity contribution in [3.63, 3.8) is 0 Å². The Kier molecular flexibility index (Phi) is 4.94. The van der Waals surface area contributed by atoms with E-state index in [0.29, 0.717) is 0 Å². The van der Waals surface area contributed by atoms with Crippen molar-refractivity contribution in [3.05, 3.63) is 34.4 Å². The SMILES string of the molecule is Cc1cc(C)c(CCN(C)CC(C)(C)N)cc1C. The van der Waals surface area contributed by atoms with Crippen molar-refractivity contribution in [2.45, 2.75) is 46.6 Å². The van der Waals surface area contributed by atoms with Crippen molar-refractivity contribution in [2.75, 3.05) is 20.1 Å². The molecule has 0 saturated heterocycles. The van der Waals surface area contributed by atoms with Gasteiger partial charge >= 0.3 is 0 Å².